The molecule has 0 aliphatic carbocycles. The molecule has 0 fully saturated rings. The molecule has 1 rings (SSSR count). The highest BCUT2D eigenvalue weighted by atomic mass is 16.4. The molecule has 1 heterocycles. The van der Waals surface area contributed by atoms with Crippen LogP contribution in [0, 0.1) is 0 Å². The van der Waals surface area contributed by atoms with Gasteiger partial charge in [-0.25, -0.2) is 0 Å². The summed E-state index contributed by atoms with van der Waals surface area (Å²) in [5.41, 5.74) is 1.72. The van der Waals surface area contributed by atoms with E-state index >= 15 is 0 Å². The number of hydrogen-bond donors (Lipinski definition) is 1. The second-order valence-electron chi connectivity index (χ2n) is 3.60. The zero-order chi connectivity index (χ0) is 10.7. The third-order valence-corrected chi connectivity index (χ3v) is 2.12. The average Bonchev–Trinajstić information content (AvgIpc) is 2.46. The smallest absolute Gasteiger partial charge is 0.309 e. The summed E-state index contributed by atoms with van der Waals surface area (Å²) in [6.45, 7) is 6.06. The van der Waals surface area contributed by atoms with Crippen LogP contribution >= 0.6 is 0 Å². The molecule has 14 heavy (non-hydrogen) atoms. The fourth-order valence-corrected chi connectivity index (χ4v) is 1.32. The molecule has 0 amide bonds. The fraction of sp³-hybridized carbons (Fsp3) is 0.600. The van der Waals surface area contributed by atoms with Crippen molar-refractivity contribution in [2.24, 2.45) is 0 Å². The maximum atomic E-state index is 10.6. The number of aliphatic carboxylic acids is 1. The predicted molar refractivity (Wildman–Crippen MR) is 53.3 cm³/mol. The second kappa shape index (κ2) is 4.26. The van der Waals surface area contributed by atoms with E-state index in [1.165, 1.54) is 0 Å². The van der Waals surface area contributed by atoms with Crippen LogP contribution in [0.2, 0.25) is 0 Å². The van der Waals surface area contributed by atoms with Gasteiger partial charge in [-0.3, -0.25) is 9.48 Å². The minimum absolute atomic E-state index is 0.0168. The molecule has 1 N–H and O–H groups in total. The Morgan fingerprint density at radius 3 is 2.71 bits per heavy atom. The van der Waals surface area contributed by atoms with E-state index in [9.17, 15) is 4.79 Å². The molecule has 1 aromatic heterocycles. The SMILES string of the molecule is CCc1cn(C(C)C)nc1CC(=O)O. The highest BCUT2D eigenvalue weighted by Crippen LogP contribution is 2.12. The minimum Gasteiger partial charge on any atom is -0.481 e. The lowest BCUT2D eigenvalue weighted by Gasteiger charge is -2.02. The predicted octanol–water partition coefficient (Wildman–Crippen LogP) is 1.65. The van der Waals surface area contributed by atoms with Gasteiger partial charge in [0.25, 0.3) is 0 Å². The maximum absolute atomic E-state index is 10.6. The van der Waals surface area contributed by atoms with Gasteiger partial charge in [-0.05, 0) is 25.8 Å². The Hall–Kier alpha value is -1.32. The van der Waals surface area contributed by atoms with Gasteiger partial charge in [0.1, 0.15) is 0 Å². The molecular weight excluding hydrogens is 180 g/mol. The first-order valence-electron chi connectivity index (χ1n) is 4.83. The van der Waals surface area contributed by atoms with E-state index in [1.54, 1.807) is 0 Å². The van der Waals surface area contributed by atoms with E-state index in [-0.39, 0.29) is 12.5 Å². The van der Waals surface area contributed by atoms with Crippen LogP contribution in [0.5, 0.6) is 0 Å². The topological polar surface area (TPSA) is 55.1 Å². The molecular formula is C10H16N2O2. The lowest BCUT2D eigenvalue weighted by Crippen LogP contribution is -2.05. The number of carboxylic acids is 1. The fourth-order valence-electron chi connectivity index (χ4n) is 1.32. The molecule has 0 aliphatic heterocycles. The summed E-state index contributed by atoms with van der Waals surface area (Å²) in [5.74, 6) is -0.825. The number of rotatable bonds is 4. The van der Waals surface area contributed by atoms with Crippen molar-refractivity contribution in [3.05, 3.63) is 17.5 Å². The summed E-state index contributed by atoms with van der Waals surface area (Å²) in [6, 6.07) is 0.280. The van der Waals surface area contributed by atoms with Gasteiger partial charge in [-0.2, -0.15) is 5.10 Å². The normalized spacial score (nSPS) is 10.9. The van der Waals surface area contributed by atoms with Crippen LogP contribution in [0.25, 0.3) is 0 Å². The number of carbonyl (C=O) groups is 1. The molecule has 0 saturated heterocycles. The van der Waals surface area contributed by atoms with Gasteiger partial charge >= 0.3 is 5.97 Å². The van der Waals surface area contributed by atoms with E-state index in [0.717, 1.165) is 12.0 Å². The van der Waals surface area contributed by atoms with Crippen LogP contribution in [0.15, 0.2) is 6.20 Å². The number of aromatic nitrogens is 2. The van der Waals surface area contributed by atoms with Crippen molar-refractivity contribution < 1.29 is 9.90 Å². The lowest BCUT2D eigenvalue weighted by atomic mass is 10.1. The molecule has 4 heteroatoms. The standard InChI is InChI=1S/C10H16N2O2/c1-4-8-6-12(7(2)3)11-9(8)5-10(13)14/h6-7H,4-5H2,1-3H3,(H,13,14). The summed E-state index contributed by atoms with van der Waals surface area (Å²) in [5, 5.41) is 12.9. The van der Waals surface area contributed by atoms with Crippen molar-refractivity contribution in [2.75, 3.05) is 0 Å². The summed E-state index contributed by atoms with van der Waals surface area (Å²) in [4.78, 5) is 10.6. The molecule has 78 valence electrons. The summed E-state index contributed by atoms with van der Waals surface area (Å²) in [7, 11) is 0. The molecule has 1 aromatic rings. The van der Waals surface area contributed by atoms with E-state index in [1.807, 2.05) is 31.6 Å². The van der Waals surface area contributed by atoms with E-state index < -0.39 is 5.97 Å². The molecule has 0 atom stereocenters. The van der Waals surface area contributed by atoms with Crippen molar-refractivity contribution in [2.45, 2.75) is 39.7 Å². The van der Waals surface area contributed by atoms with Crippen molar-refractivity contribution in [3.63, 3.8) is 0 Å². The molecule has 0 saturated carbocycles. The van der Waals surface area contributed by atoms with Crippen LogP contribution in [0.3, 0.4) is 0 Å². The first kappa shape index (κ1) is 10.8. The van der Waals surface area contributed by atoms with Crippen LogP contribution in [-0.4, -0.2) is 20.9 Å². The first-order valence-corrected chi connectivity index (χ1v) is 4.83. The number of carboxylic acid groups (broad SMARTS) is 1. The summed E-state index contributed by atoms with van der Waals surface area (Å²) < 4.78 is 1.82. The number of nitrogens with zero attached hydrogens (tertiary/aromatic N) is 2. The molecule has 0 spiro atoms. The second-order valence-corrected chi connectivity index (χ2v) is 3.60. The van der Waals surface area contributed by atoms with Gasteiger partial charge in [-0.15, -0.1) is 0 Å². The Balaban J connectivity index is 2.96. The van der Waals surface area contributed by atoms with Crippen LogP contribution in [0.4, 0.5) is 0 Å². The van der Waals surface area contributed by atoms with Crippen molar-refractivity contribution in [1.82, 2.24) is 9.78 Å². The maximum Gasteiger partial charge on any atom is 0.309 e. The zero-order valence-corrected chi connectivity index (χ0v) is 8.82. The highest BCUT2D eigenvalue weighted by molar-refractivity contribution is 5.69. The van der Waals surface area contributed by atoms with Gasteiger partial charge in [0.2, 0.25) is 0 Å². The van der Waals surface area contributed by atoms with Gasteiger partial charge in [0, 0.05) is 12.2 Å². The molecule has 0 aromatic carbocycles. The zero-order valence-electron chi connectivity index (χ0n) is 8.82. The summed E-state index contributed by atoms with van der Waals surface area (Å²) in [6.07, 6.45) is 2.78. The molecule has 0 aliphatic rings. The van der Waals surface area contributed by atoms with Gasteiger partial charge in [0.15, 0.2) is 0 Å². The number of hydrogen-bond acceptors (Lipinski definition) is 2. The number of aryl methyl sites for hydroxylation is 1. The van der Waals surface area contributed by atoms with Crippen LogP contribution in [0.1, 0.15) is 38.1 Å². The van der Waals surface area contributed by atoms with Gasteiger partial charge < -0.3 is 5.11 Å². The minimum atomic E-state index is -0.825. The largest absolute Gasteiger partial charge is 0.481 e. The van der Waals surface area contributed by atoms with E-state index in [2.05, 4.69) is 5.10 Å². The van der Waals surface area contributed by atoms with Crippen molar-refractivity contribution in [1.29, 1.82) is 0 Å². The first-order chi connectivity index (χ1) is 6.54. The third kappa shape index (κ3) is 2.34. The Bertz CT molecular complexity index is 329. The molecule has 4 nitrogen and oxygen atoms in total. The average molecular weight is 196 g/mol. The summed E-state index contributed by atoms with van der Waals surface area (Å²) >= 11 is 0. The molecule has 0 bridgehead atoms. The Morgan fingerprint density at radius 1 is 1.64 bits per heavy atom. The van der Waals surface area contributed by atoms with Gasteiger partial charge in [-0.1, -0.05) is 6.92 Å². The Kier molecular flexibility index (Phi) is 3.28. The van der Waals surface area contributed by atoms with Crippen molar-refractivity contribution in [3.8, 4) is 0 Å². The Labute approximate surface area is 83.5 Å². The van der Waals surface area contributed by atoms with Crippen LogP contribution in [-0.2, 0) is 17.6 Å². The highest BCUT2D eigenvalue weighted by Gasteiger charge is 2.11. The van der Waals surface area contributed by atoms with E-state index in [0.29, 0.717) is 5.69 Å². The monoisotopic (exact) mass is 196 g/mol. The molecule has 0 radical (unpaired) electrons. The van der Waals surface area contributed by atoms with Crippen molar-refractivity contribution >= 4 is 5.97 Å². The molecule has 0 unspecified atom stereocenters. The lowest BCUT2D eigenvalue weighted by molar-refractivity contribution is -0.136. The Morgan fingerprint density at radius 2 is 2.29 bits per heavy atom. The van der Waals surface area contributed by atoms with Gasteiger partial charge in [0.05, 0.1) is 12.1 Å². The van der Waals surface area contributed by atoms with Crippen LogP contribution < -0.4 is 0 Å². The van der Waals surface area contributed by atoms with E-state index in [4.69, 9.17) is 5.11 Å². The third-order valence-electron chi connectivity index (χ3n) is 2.12. The quantitative estimate of drug-likeness (QED) is 0.796.